The zero-order chi connectivity index (χ0) is 33.1. The Morgan fingerprint density at radius 3 is 2.09 bits per heavy atom. The van der Waals surface area contributed by atoms with Crippen LogP contribution in [0.1, 0.15) is 30.0 Å². The second-order valence-electron chi connectivity index (χ2n) is 10.9. The number of ether oxygens (including phenoxy) is 2. The average molecular weight is 644 g/mol. The third-order valence-electron chi connectivity index (χ3n) is 7.56. The number of amides is 2. The van der Waals surface area contributed by atoms with E-state index >= 15 is 0 Å². The summed E-state index contributed by atoms with van der Waals surface area (Å²) < 4.78 is 40.1. The first-order valence-electron chi connectivity index (χ1n) is 15.1. The number of methoxy groups -OCH3 is 2. The minimum absolute atomic E-state index is 0.00236. The number of carbonyl (C=O) groups is 2. The van der Waals surface area contributed by atoms with E-state index < -0.39 is 28.5 Å². The lowest BCUT2D eigenvalue weighted by atomic mass is 10.0. The number of hydrogen-bond acceptors (Lipinski definition) is 6. The van der Waals surface area contributed by atoms with Crippen LogP contribution >= 0.6 is 0 Å². The summed E-state index contributed by atoms with van der Waals surface area (Å²) in [4.78, 5) is 29.8. The Labute approximate surface area is 271 Å². The van der Waals surface area contributed by atoms with Crippen molar-refractivity contribution in [3.63, 3.8) is 0 Å². The summed E-state index contributed by atoms with van der Waals surface area (Å²) in [6.45, 7) is 3.81. The molecule has 0 heterocycles. The smallest absolute Gasteiger partial charge is 0.264 e. The summed E-state index contributed by atoms with van der Waals surface area (Å²) in [5.74, 6) is 0.251. The molecule has 0 bridgehead atoms. The van der Waals surface area contributed by atoms with E-state index in [1.165, 1.54) is 24.1 Å². The molecule has 4 aromatic rings. The second kappa shape index (κ2) is 15.9. The summed E-state index contributed by atoms with van der Waals surface area (Å²) in [5, 5.41) is 2.95. The van der Waals surface area contributed by atoms with Crippen LogP contribution in [0.4, 0.5) is 5.69 Å². The molecule has 10 heteroatoms. The van der Waals surface area contributed by atoms with Crippen LogP contribution in [0.5, 0.6) is 11.5 Å². The molecule has 0 saturated heterocycles. The van der Waals surface area contributed by atoms with Crippen molar-refractivity contribution >= 4 is 27.5 Å². The molecule has 4 aromatic carbocycles. The van der Waals surface area contributed by atoms with Crippen molar-refractivity contribution in [2.24, 2.45) is 0 Å². The van der Waals surface area contributed by atoms with Gasteiger partial charge in [-0.1, -0.05) is 67.1 Å². The monoisotopic (exact) mass is 643 g/mol. The molecule has 0 aliphatic rings. The van der Waals surface area contributed by atoms with Crippen molar-refractivity contribution in [3.05, 3.63) is 120 Å². The third kappa shape index (κ3) is 8.66. The minimum Gasteiger partial charge on any atom is -0.497 e. The predicted octanol–water partition coefficient (Wildman–Crippen LogP) is 5.37. The van der Waals surface area contributed by atoms with Gasteiger partial charge in [-0.15, -0.1) is 0 Å². The fourth-order valence-electron chi connectivity index (χ4n) is 5.00. The van der Waals surface area contributed by atoms with Crippen LogP contribution in [0.2, 0.25) is 0 Å². The van der Waals surface area contributed by atoms with E-state index in [0.29, 0.717) is 23.7 Å². The maximum atomic E-state index is 14.5. The van der Waals surface area contributed by atoms with E-state index in [1.807, 2.05) is 56.3 Å². The Bertz CT molecular complexity index is 1690. The maximum absolute atomic E-state index is 14.5. The van der Waals surface area contributed by atoms with Crippen molar-refractivity contribution in [2.75, 3.05) is 31.6 Å². The van der Waals surface area contributed by atoms with Crippen LogP contribution in [0.15, 0.2) is 108 Å². The van der Waals surface area contributed by atoms with Gasteiger partial charge in [-0.05, 0) is 73.0 Å². The van der Waals surface area contributed by atoms with E-state index in [-0.39, 0.29) is 23.8 Å². The van der Waals surface area contributed by atoms with Crippen molar-refractivity contribution in [2.45, 2.75) is 44.2 Å². The first-order valence-corrected chi connectivity index (χ1v) is 16.6. The lowest BCUT2D eigenvalue weighted by Crippen LogP contribution is -2.53. The van der Waals surface area contributed by atoms with Gasteiger partial charge in [0.05, 0.1) is 24.8 Å². The molecule has 4 rings (SSSR count). The second-order valence-corrected chi connectivity index (χ2v) is 12.8. The highest BCUT2D eigenvalue weighted by atomic mass is 32.2. The largest absolute Gasteiger partial charge is 0.497 e. The van der Waals surface area contributed by atoms with Crippen LogP contribution in [0.25, 0.3) is 0 Å². The highest BCUT2D eigenvalue weighted by Crippen LogP contribution is 2.27. The molecule has 0 aliphatic heterocycles. The van der Waals surface area contributed by atoms with Gasteiger partial charge in [0.2, 0.25) is 11.8 Å². The first kappa shape index (κ1) is 34.1. The number of sulfonamides is 1. The molecule has 1 unspecified atom stereocenters. The van der Waals surface area contributed by atoms with Gasteiger partial charge in [-0.3, -0.25) is 13.9 Å². The summed E-state index contributed by atoms with van der Waals surface area (Å²) in [6.07, 6.45) is 0.955. The quantitative estimate of drug-likeness (QED) is 0.187. The zero-order valence-electron chi connectivity index (χ0n) is 26.7. The van der Waals surface area contributed by atoms with Gasteiger partial charge >= 0.3 is 0 Å². The molecule has 1 atom stereocenters. The molecule has 0 aromatic heterocycles. The SMILES string of the molecule is CCCNC(=O)C(Cc1ccccc1)N(Cc1cccc(OC)c1)C(=O)CN(c1ccc(C)cc1)S(=O)(=O)c1ccc(OC)cc1. The lowest BCUT2D eigenvalue weighted by molar-refractivity contribution is -0.140. The van der Waals surface area contributed by atoms with E-state index in [2.05, 4.69) is 5.32 Å². The molecule has 9 nitrogen and oxygen atoms in total. The Balaban J connectivity index is 1.80. The van der Waals surface area contributed by atoms with Gasteiger partial charge in [0.25, 0.3) is 10.0 Å². The van der Waals surface area contributed by atoms with Crippen molar-refractivity contribution in [3.8, 4) is 11.5 Å². The molecule has 0 spiro atoms. The number of rotatable bonds is 15. The predicted molar refractivity (Wildman–Crippen MR) is 179 cm³/mol. The van der Waals surface area contributed by atoms with Gasteiger partial charge in [0, 0.05) is 19.5 Å². The van der Waals surface area contributed by atoms with Crippen LogP contribution in [-0.2, 0) is 32.6 Å². The standard InChI is InChI=1S/C36H41N3O6S/c1-5-22-37-36(41)34(24-28-10-7-6-8-11-28)38(25-29-12-9-13-32(23-29)45-4)35(40)26-39(30-16-14-27(2)15-17-30)46(42,43)33-20-18-31(44-3)19-21-33/h6-21,23,34H,5,22,24-26H2,1-4H3,(H,37,41). The molecule has 0 aliphatic carbocycles. The van der Waals surface area contributed by atoms with Gasteiger partial charge in [0.15, 0.2) is 0 Å². The Kier molecular flexibility index (Phi) is 11.8. The normalized spacial score (nSPS) is 11.7. The zero-order valence-corrected chi connectivity index (χ0v) is 27.5. The Hall–Kier alpha value is -4.83. The molecular weight excluding hydrogens is 602 g/mol. The Morgan fingerprint density at radius 2 is 1.46 bits per heavy atom. The molecule has 242 valence electrons. The summed E-state index contributed by atoms with van der Waals surface area (Å²) in [7, 11) is -1.16. The molecule has 1 N–H and O–H groups in total. The maximum Gasteiger partial charge on any atom is 0.264 e. The van der Waals surface area contributed by atoms with Gasteiger partial charge in [-0.25, -0.2) is 8.42 Å². The minimum atomic E-state index is -4.21. The van der Waals surface area contributed by atoms with Gasteiger partial charge < -0.3 is 19.7 Å². The fraction of sp³-hybridized carbons (Fsp3) is 0.278. The first-order chi connectivity index (χ1) is 22.2. The summed E-state index contributed by atoms with van der Waals surface area (Å²) in [5.41, 5.74) is 2.86. The van der Waals surface area contributed by atoms with Crippen molar-refractivity contribution in [1.82, 2.24) is 10.2 Å². The summed E-state index contributed by atoms with van der Waals surface area (Å²) >= 11 is 0. The number of aryl methyl sites for hydroxylation is 1. The molecule has 0 radical (unpaired) electrons. The highest BCUT2D eigenvalue weighted by molar-refractivity contribution is 7.92. The Morgan fingerprint density at radius 1 is 0.804 bits per heavy atom. The average Bonchev–Trinajstić information content (AvgIpc) is 3.08. The van der Waals surface area contributed by atoms with E-state index in [1.54, 1.807) is 55.6 Å². The fourth-order valence-corrected chi connectivity index (χ4v) is 6.42. The number of anilines is 1. The molecule has 0 fully saturated rings. The third-order valence-corrected chi connectivity index (χ3v) is 9.34. The lowest BCUT2D eigenvalue weighted by Gasteiger charge is -2.34. The van der Waals surface area contributed by atoms with Crippen LogP contribution in [-0.4, -0.2) is 58.5 Å². The van der Waals surface area contributed by atoms with E-state index in [0.717, 1.165) is 27.4 Å². The van der Waals surface area contributed by atoms with Gasteiger partial charge in [-0.2, -0.15) is 0 Å². The van der Waals surface area contributed by atoms with E-state index in [9.17, 15) is 18.0 Å². The van der Waals surface area contributed by atoms with Crippen LogP contribution in [0, 0.1) is 6.92 Å². The van der Waals surface area contributed by atoms with E-state index in [4.69, 9.17) is 9.47 Å². The molecule has 0 saturated carbocycles. The molecule has 46 heavy (non-hydrogen) atoms. The number of nitrogens with one attached hydrogen (secondary N) is 1. The van der Waals surface area contributed by atoms with Crippen molar-refractivity contribution in [1.29, 1.82) is 0 Å². The number of carbonyl (C=O) groups excluding carboxylic acids is 2. The molecule has 2 amide bonds. The number of hydrogen-bond donors (Lipinski definition) is 1. The number of nitrogens with zero attached hydrogens (tertiary/aromatic N) is 2. The molecular formula is C36H41N3O6S. The van der Waals surface area contributed by atoms with Crippen LogP contribution < -0.4 is 19.1 Å². The van der Waals surface area contributed by atoms with Crippen molar-refractivity contribution < 1.29 is 27.5 Å². The van der Waals surface area contributed by atoms with Gasteiger partial charge in [0.1, 0.15) is 24.1 Å². The topological polar surface area (TPSA) is 105 Å². The highest BCUT2D eigenvalue weighted by Gasteiger charge is 2.34. The summed E-state index contributed by atoms with van der Waals surface area (Å²) in [6, 6.07) is 28.7. The van der Waals surface area contributed by atoms with Crippen LogP contribution in [0.3, 0.4) is 0 Å². The number of benzene rings is 4.